The van der Waals surface area contributed by atoms with Crippen LogP contribution in [0.4, 0.5) is 0 Å². The molecule has 0 aromatic carbocycles. The number of hydrogen-bond acceptors (Lipinski definition) is 3. The van der Waals surface area contributed by atoms with Gasteiger partial charge in [0.2, 0.25) is 0 Å². The van der Waals surface area contributed by atoms with Crippen molar-refractivity contribution in [2.75, 3.05) is 0 Å². The first-order valence-corrected chi connectivity index (χ1v) is 6.51. The Hall–Kier alpha value is -0.900. The first-order valence-electron chi connectivity index (χ1n) is 6.51. The van der Waals surface area contributed by atoms with E-state index in [0.29, 0.717) is 12.3 Å². The summed E-state index contributed by atoms with van der Waals surface area (Å²) in [5.74, 6) is -0.267. The highest BCUT2D eigenvalue weighted by molar-refractivity contribution is 5.83. The summed E-state index contributed by atoms with van der Waals surface area (Å²) in [6, 6.07) is -0.297. The monoisotopic (exact) mass is 241 g/mol. The third-order valence-corrected chi connectivity index (χ3v) is 3.76. The molecule has 0 aromatic heterocycles. The zero-order valence-electron chi connectivity index (χ0n) is 10.5. The van der Waals surface area contributed by atoms with Crippen LogP contribution in [-0.2, 0) is 9.59 Å². The van der Waals surface area contributed by atoms with Crippen LogP contribution in [0, 0.1) is 11.8 Å². The molecular weight excluding hydrogens is 218 g/mol. The molecular formula is C13H23NO3. The lowest BCUT2D eigenvalue weighted by Crippen LogP contribution is -2.32. The van der Waals surface area contributed by atoms with Crippen molar-refractivity contribution in [2.24, 2.45) is 17.6 Å². The van der Waals surface area contributed by atoms with E-state index in [4.69, 9.17) is 10.8 Å². The van der Waals surface area contributed by atoms with Gasteiger partial charge in [-0.05, 0) is 38.0 Å². The van der Waals surface area contributed by atoms with Crippen molar-refractivity contribution in [1.29, 1.82) is 0 Å². The van der Waals surface area contributed by atoms with E-state index in [1.54, 1.807) is 6.92 Å². The van der Waals surface area contributed by atoms with Crippen LogP contribution >= 0.6 is 0 Å². The molecule has 1 saturated carbocycles. The summed E-state index contributed by atoms with van der Waals surface area (Å²) in [6.45, 7) is 1.75. The molecule has 4 nitrogen and oxygen atoms in total. The first kappa shape index (κ1) is 14.2. The van der Waals surface area contributed by atoms with E-state index in [-0.39, 0.29) is 17.7 Å². The molecule has 0 heterocycles. The van der Waals surface area contributed by atoms with E-state index < -0.39 is 5.97 Å². The van der Waals surface area contributed by atoms with Crippen molar-refractivity contribution >= 4 is 11.8 Å². The fourth-order valence-corrected chi connectivity index (χ4v) is 2.37. The summed E-state index contributed by atoms with van der Waals surface area (Å²) in [5.41, 5.74) is 5.77. The third-order valence-electron chi connectivity index (χ3n) is 3.76. The molecule has 4 heteroatoms. The van der Waals surface area contributed by atoms with Crippen LogP contribution in [0.3, 0.4) is 0 Å². The summed E-state index contributed by atoms with van der Waals surface area (Å²) in [6.07, 6.45) is 5.90. The SMILES string of the molecule is C[C@@H](CCC1CCCC(=O)[C@@H](N)CC1)C(=O)O. The van der Waals surface area contributed by atoms with Crippen molar-refractivity contribution < 1.29 is 14.7 Å². The van der Waals surface area contributed by atoms with Gasteiger partial charge >= 0.3 is 5.97 Å². The number of rotatable bonds is 4. The van der Waals surface area contributed by atoms with Crippen LogP contribution in [0.25, 0.3) is 0 Å². The summed E-state index contributed by atoms with van der Waals surface area (Å²) >= 11 is 0. The Labute approximate surface area is 103 Å². The van der Waals surface area contributed by atoms with Gasteiger partial charge in [0.1, 0.15) is 5.78 Å². The topological polar surface area (TPSA) is 80.4 Å². The molecule has 0 radical (unpaired) electrons. The molecule has 3 atom stereocenters. The second-order valence-electron chi connectivity index (χ2n) is 5.23. The van der Waals surface area contributed by atoms with Gasteiger partial charge in [-0.15, -0.1) is 0 Å². The molecule has 98 valence electrons. The Balaban J connectivity index is 2.34. The van der Waals surface area contributed by atoms with Gasteiger partial charge in [0.05, 0.1) is 12.0 Å². The minimum Gasteiger partial charge on any atom is -0.481 e. The van der Waals surface area contributed by atoms with Crippen LogP contribution in [0.15, 0.2) is 0 Å². The number of carboxylic acid groups (broad SMARTS) is 1. The van der Waals surface area contributed by atoms with Crippen LogP contribution in [0.2, 0.25) is 0 Å². The normalized spacial score (nSPS) is 28.2. The molecule has 0 saturated heterocycles. The van der Waals surface area contributed by atoms with Crippen molar-refractivity contribution in [1.82, 2.24) is 0 Å². The van der Waals surface area contributed by atoms with Gasteiger partial charge < -0.3 is 10.8 Å². The van der Waals surface area contributed by atoms with E-state index >= 15 is 0 Å². The number of Topliss-reactive ketones (excluding diaryl/α,β-unsaturated/α-hetero) is 1. The fraction of sp³-hybridized carbons (Fsp3) is 0.846. The molecule has 0 aliphatic heterocycles. The predicted molar refractivity (Wildman–Crippen MR) is 65.6 cm³/mol. The van der Waals surface area contributed by atoms with Gasteiger partial charge in [-0.25, -0.2) is 0 Å². The van der Waals surface area contributed by atoms with E-state index in [1.807, 2.05) is 0 Å². The van der Waals surface area contributed by atoms with Gasteiger partial charge in [-0.1, -0.05) is 13.3 Å². The second kappa shape index (κ2) is 6.74. The first-order chi connectivity index (χ1) is 8.00. The smallest absolute Gasteiger partial charge is 0.306 e. The maximum Gasteiger partial charge on any atom is 0.306 e. The molecule has 1 rings (SSSR count). The van der Waals surface area contributed by atoms with Gasteiger partial charge in [-0.3, -0.25) is 9.59 Å². The molecule has 17 heavy (non-hydrogen) atoms. The summed E-state index contributed by atoms with van der Waals surface area (Å²) < 4.78 is 0. The Morgan fingerprint density at radius 2 is 2.18 bits per heavy atom. The number of hydrogen-bond donors (Lipinski definition) is 2. The number of ketones is 1. The zero-order valence-corrected chi connectivity index (χ0v) is 10.5. The number of carboxylic acids is 1. The summed E-state index contributed by atoms with van der Waals surface area (Å²) in [5, 5.41) is 8.82. The van der Waals surface area contributed by atoms with Crippen molar-refractivity contribution in [3.05, 3.63) is 0 Å². The third kappa shape index (κ3) is 4.86. The highest BCUT2D eigenvalue weighted by Crippen LogP contribution is 2.26. The Kier molecular flexibility index (Phi) is 5.62. The van der Waals surface area contributed by atoms with Crippen molar-refractivity contribution in [2.45, 2.75) is 57.9 Å². The number of carbonyl (C=O) groups is 2. The fourth-order valence-electron chi connectivity index (χ4n) is 2.37. The minimum atomic E-state index is -0.720. The Morgan fingerprint density at radius 1 is 1.47 bits per heavy atom. The average Bonchev–Trinajstić information content (AvgIpc) is 2.28. The van der Waals surface area contributed by atoms with Gasteiger partial charge in [-0.2, -0.15) is 0 Å². The van der Waals surface area contributed by atoms with Gasteiger partial charge in [0.15, 0.2) is 0 Å². The number of aliphatic carboxylic acids is 1. The molecule has 1 unspecified atom stereocenters. The lowest BCUT2D eigenvalue weighted by molar-refractivity contribution is -0.141. The lowest BCUT2D eigenvalue weighted by atomic mass is 9.84. The summed E-state index contributed by atoms with van der Waals surface area (Å²) in [7, 11) is 0. The molecule has 0 spiro atoms. The summed E-state index contributed by atoms with van der Waals surface area (Å²) in [4.78, 5) is 22.2. The van der Waals surface area contributed by atoms with Gasteiger partial charge in [0, 0.05) is 6.42 Å². The number of carbonyl (C=O) groups excluding carboxylic acids is 1. The van der Waals surface area contributed by atoms with Gasteiger partial charge in [0.25, 0.3) is 0 Å². The molecule has 0 aromatic rings. The van der Waals surface area contributed by atoms with E-state index in [2.05, 4.69) is 0 Å². The standard InChI is InChI=1S/C13H23NO3/c1-9(13(16)17)5-6-10-3-2-4-12(15)11(14)8-7-10/h9-11H,2-8,14H2,1H3,(H,16,17)/t9-,10?,11-/m0/s1. The maximum absolute atomic E-state index is 11.4. The van der Waals surface area contributed by atoms with E-state index in [9.17, 15) is 9.59 Å². The average molecular weight is 241 g/mol. The molecule has 1 fully saturated rings. The van der Waals surface area contributed by atoms with E-state index in [1.165, 1.54) is 0 Å². The van der Waals surface area contributed by atoms with Crippen molar-refractivity contribution in [3.8, 4) is 0 Å². The second-order valence-corrected chi connectivity index (χ2v) is 5.23. The molecule has 0 amide bonds. The van der Waals surface area contributed by atoms with Crippen LogP contribution in [-0.4, -0.2) is 22.9 Å². The van der Waals surface area contributed by atoms with Crippen molar-refractivity contribution in [3.63, 3.8) is 0 Å². The highest BCUT2D eigenvalue weighted by Gasteiger charge is 2.21. The molecule has 3 N–H and O–H groups in total. The molecule has 0 bridgehead atoms. The quantitative estimate of drug-likeness (QED) is 0.788. The molecule has 1 aliphatic rings. The Morgan fingerprint density at radius 3 is 2.82 bits per heavy atom. The minimum absolute atomic E-state index is 0.183. The maximum atomic E-state index is 11.4. The Bertz CT molecular complexity index is 278. The van der Waals surface area contributed by atoms with Crippen LogP contribution < -0.4 is 5.73 Å². The van der Waals surface area contributed by atoms with E-state index in [0.717, 1.165) is 38.5 Å². The highest BCUT2D eigenvalue weighted by atomic mass is 16.4. The predicted octanol–water partition coefficient (Wildman–Crippen LogP) is 1.96. The lowest BCUT2D eigenvalue weighted by Gasteiger charge is -2.22. The molecule has 1 aliphatic carbocycles. The van der Waals surface area contributed by atoms with Crippen LogP contribution in [0.1, 0.15) is 51.9 Å². The van der Waals surface area contributed by atoms with Crippen LogP contribution in [0.5, 0.6) is 0 Å². The number of nitrogens with two attached hydrogens (primary N) is 1. The zero-order chi connectivity index (χ0) is 12.8. The largest absolute Gasteiger partial charge is 0.481 e.